The van der Waals surface area contributed by atoms with Crippen LogP contribution in [0.15, 0.2) is 24.3 Å². The van der Waals surface area contributed by atoms with Crippen molar-refractivity contribution in [2.45, 2.75) is 177 Å². The highest BCUT2D eigenvalue weighted by atomic mass is 16.6. The van der Waals surface area contributed by atoms with E-state index < -0.39 is 29.1 Å². The lowest BCUT2D eigenvalue weighted by Crippen LogP contribution is -2.63. The molecule has 6 aliphatic carbocycles. The van der Waals surface area contributed by atoms with E-state index in [-0.39, 0.29) is 81.1 Å². The third-order valence-corrected chi connectivity index (χ3v) is 21.1. The SMILES string of the molecule is C/C=C/C[C@]1(C)C[C@@H](O)[C@@]2(C)C3[C@H](OC)CCC3(CC[C@H]2C)[C@@H](C)C1=O.C/C=C/C[C@]1(C)C[C@@H](OC(=O)NC(=O)[C@H]2CN3CC[C@@H]2C3)[C@@]2(C)C3[C@H](OC)CCC3(CC[C@H]2C)[C@@H](C)C1=O. The van der Waals surface area contributed by atoms with Crippen LogP contribution in [0, 0.1) is 79.8 Å². The van der Waals surface area contributed by atoms with Gasteiger partial charge in [-0.2, -0.15) is 0 Å². The third kappa shape index (κ3) is 7.74. The van der Waals surface area contributed by atoms with Crippen LogP contribution in [0.1, 0.15) is 153 Å². The number of amides is 2. The van der Waals surface area contributed by atoms with Crippen LogP contribution in [0.25, 0.3) is 0 Å². The highest BCUT2D eigenvalue weighted by Gasteiger charge is 2.70. The minimum Gasteiger partial charge on any atom is -0.445 e. The molecule has 360 valence electrons. The van der Waals surface area contributed by atoms with Crippen LogP contribution >= 0.6 is 0 Å². The summed E-state index contributed by atoms with van der Waals surface area (Å²) in [6.07, 6.45) is 18.2. The van der Waals surface area contributed by atoms with Crippen LogP contribution < -0.4 is 5.32 Å². The van der Waals surface area contributed by atoms with Crippen molar-refractivity contribution in [3.63, 3.8) is 0 Å². The number of carbonyl (C=O) groups is 4. The lowest BCUT2D eigenvalue weighted by Gasteiger charge is -2.61. The molecule has 2 saturated heterocycles. The zero-order chi connectivity index (χ0) is 46.8. The van der Waals surface area contributed by atoms with Gasteiger partial charge in [-0.25, -0.2) is 4.79 Å². The Kier molecular flexibility index (Phi) is 14.1. The minimum atomic E-state index is -0.663. The van der Waals surface area contributed by atoms with E-state index in [0.717, 1.165) is 83.8 Å². The molecule has 6 bridgehead atoms. The predicted molar refractivity (Wildman–Crippen MR) is 250 cm³/mol. The minimum absolute atomic E-state index is 0.0163. The second-order valence-corrected chi connectivity index (χ2v) is 23.7. The quantitative estimate of drug-likeness (QED) is 0.229. The average Bonchev–Trinajstić information content (AvgIpc) is 4.09. The lowest BCUT2D eigenvalue weighted by atomic mass is 9.43. The molecule has 0 aromatic carbocycles. The van der Waals surface area contributed by atoms with Gasteiger partial charge < -0.3 is 24.2 Å². The van der Waals surface area contributed by atoms with Crippen LogP contribution in [0.3, 0.4) is 0 Å². The van der Waals surface area contributed by atoms with E-state index in [4.69, 9.17) is 14.2 Å². The van der Waals surface area contributed by atoms with Gasteiger partial charge in [-0.05, 0) is 138 Å². The summed E-state index contributed by atoms with van der Waals surface area (Å²) < 4.78 is 18.4. The molecule has 0 aromatic heterocycles. The molecule has 5 unspecified atom stereocenters. The summed E-state index contributed by atoms with van der Waals surface area (Å²) >= 11 is 0. The molecule has 0 aromatic rings. The van der Waals surface area contributed by atoms with E-state index in [2.05, 4.69) is 77.8 Å². The number of carbonyl (C=O) groups excluding carboxylic acids is 4. The fourth-order valence-electron chi connectivity index (χ4n) is 16.7. The first-order valence-electron chi connectivity index (χ1n) is 25.5. The van der Waals surface area contributed by atoms with Crippen molar-refractivity contribution < 1.29 is 38.5 Å². The van der Waals surface area contributed by atoms with Crippen molar-refractivity contribution in [2.75, 3.05) is 33.9 Å². The zero-order valence-corrected chi connectivity index (χ0v) is 41.8. The maximum Gasteiger partial charge on any atom is 0.414 e. The number of Topliss-reactive ketones (excluding diaryl/α,β-unsaturated/α-hetero) is 2. The number of aliphatic hydroxyl groups excluding tert-OH is 1. The number of fused-ring (bicyclic) bond motifs is 2. The largest absolute Gasteiger partial charge is 0.445 e. The number of nitrogens with one attached hydrogen (secondary N) is 1. The molecule has 2 N–H and O–H groups in total. The number of ketones is 2. The van der Waals surface area contributed by atoms with Gasteiger partial charge in [0.1, 0.15) is 17.7 Å². The third-order valence-electron chi connectivity index (χ3n) is 21.1. The van der Waals surface area contributed by atoms with Gasteiger partial charge in [-0.15, -0.1) is 0 Å². The summed E-state index contributed by atoms with van der Waals surface area (Å²) in [5.74, 6) is 1.63. The summed E-state index contributed by atoms with van der Waals surface area (Å²) in [5, 5.41) is 14.1. The zero-order valence-electron chi connectivity index (χ0n) is 41.8. The number of allylic oxidation sites excluding steroid dienone is 4. The monoisotopic (exact) mass is 891 g/mol. The number of aliphatic hydroxyl groups is 1. The Hall–Kier alpha value is -2.40. The lowest BCUT2D eigenvalue weighted by molar-refractivity contribution is -0.191. The molecule has 2 heterocycles. The second kappa shape index (κ2) is 18.3. The highest BCUT2D eigenvalue weighted by Crippen LogP contribution is 2.70. The van der Waals surface area contributed by atoms with Crippen molar-refractivity contribution in [3.05, 3.63) is 24.3 Å². The molecule has 10 heteroatoms. The summed E-state index contributed by atoms with van der Waals surface area (Å²) in [6, 6.07) is 0. The molecule has 0 spiro atoms. The van der Waals surface area contributed by atoms with E-state index in [9.17, 15) is 24.3 Å². The molecular weight excluding hydrogens is 805 g/mol. The standard InChI is InChI=1S/C31H48N2O5.C23H38O3/c1-7-8-12-29(4)16-24(38-28(36)32-27(35)22-18-33-15-11-21(22)17-33)30(5)19(2)9-13-31(20(3)26(29)34)14-10-23(37-6)25(30)31;1-7-8-11-21(4)14-18(24)22(5)15(2)9-12-23(16(3)20(21)25)13-10-17(26-6)19(22)23/h7-8,19-25H,9-18H2,1-6H3,(H,32,35,36);7-8,15-19,24H,9-14H2,1-6H3/b2*8-7+/t19-,20+,21-,22+,23-,24-,25?,29-,30+,31?;15-,16+,17-,18-,19?,21-,22+,23?/m11/s1. The number of hydrogen-bond acceptors (Lipinski definition) is 9. The Labute approximate surface area is 386 Å². The number of alkyl carbamates (subject to hydrolysis) is 1. The molecule has 8 rings (SSSR count). The first-order chi connectivity index (χ1) is 30.2. The molecule has 2 amide bonds. The highest BCUT2D eigenvalue weighted by molar-refractivity contribution is 5.94. The number of rotatable bonds is 8. The van der Waals surface area contributed by atoms with E-state index in [1.54, 1.807) is 14.2 Å². The van der Waals surface area contributed by atoms with Gasteiger partial charge in [0.05, 0.1) is 24.2 Å². The van der Waals surface area contributed by atoms with Crippen LogP contribution in [0.2, 0.25) is 0 Å². The van der Waals surface area contributed by atoms with Crippen LogP contribution in [-0.2, 0) is 28.6 Å². The van der Waals surface area contributed by atoms with Gasteiger partial charge in [-0.1, -0.05) is 79.7 Å². The first kappa shape index (κ1) is 49.5. The normalized spacial score (nSPS) is 49.6. The average molecular weight is 891 g/mol. The molecule has 2 aliphatic heterocycles. The van der Waals surface area contributed by atoms with E-state index in [1.165, 1.54) is 0 Å². The molecule has 0 radical (unpaired) electrons. The van der Waals surface area contributed by atoms with Crippen molar-refractivity contribution in [2.24, 2.45) is 79.8 Å². The fraction of sp³-hybridized carbons (Fsp3) is 0.852. The summed E-state index contributed by atoms with van der Waals surface area (Å²) in [4.78, 5) is 56.8. The Morgan fingerprint density at radius 1 is 0.719 bits per heavy atom. The van der Waals surface area contributed by atoms with Gasteiger partial charge in [0.15, 0.2) is 0 Å². The molecule has 64 heavy (non-hydrogen) atoms. The van der Waals surface area contributed by atoms with Crippen LogP contribution in [0.4, 0.5) is 4.79 Å². The number of methoxy groups -OCH3 is 2. The fourth-order valence-corrected chi connectivity index (χ4v) is 16.7. The predicted octanol–water partition coefficient (Wildman–Crippen LogP) is 9.76. The Morgan fingerprint density at radius 3 is 1.67 bits per heavy atom. The van der Waals surface area contributed by atoms with Crippen molar-refractivity contribution in [1.82, 2.24) is 10.2 Å². The summed E-state index contributed by atoms with van der Waals surface area (Å²) in [5.41, 5.74) is -1.88. The maximum atomic E-state index is 14.3. The van der Waals surface area contributed by atoms with Gasteiger partial charge in [0.2, 0.25) is 5.91 Å². The molecule has 8 aliphatic rings. The number of imide groups is 1. The smallest absolute Gasteiger partial charge is 0.414 e. The van der Waals surface area contributed by atoms with Gasteiger partial charge in [-0.3, -0.25) is 19.7 Å². The van der Waals surface area contributed by atoms with E-state index in [1.807, 2.05) is 26.0 Å². The van der Waals surface area contributed by atoms with Crippen molar-refractivity contribution >= 4 is 23.6 Å². The van der Waals surface area contributed by atoms with E-state index in [0.29, 0.717) is 36.9 Å². The van der Waals surface area contributed by atoms with Gasteiger partial charge in [0.25, 0.3) is 0 Å². The maximum absolute atomic E-state index is 14.3. The number of nitrogens with zero attached hydrogens (tertiary/aromatic N) is 1. The molecule has 6 saturated carbocycles. The molecule has 19 atom stereocenters. The second-order valence-electron chi connectivity index (χ2n) is 23.7. The Bertz CT molecular complexity index is 1830. The number of piperidine rings is 1. The topological polar surface area (TPSA) is 131 Å². The molecule has 10 nitrogen and oxygen atoms in total. The van der Waals surface area contributed by atoms with Crippen molar-refractivity contribution in [3.8, 4) is 0 Å². The van der Waals surface area contributed by atoms with E-state index >= 15 is 0 Å². The number of hydrogen-bond donors (Lipinski definition) is 2. The molecular formula is C54H86N2O8. The van der Waals surface area contributed by atoms with Crippen molar-refractivity contribution in [1.29, 1.82) is 0 Å². The Balaban J connectivity index is 0.000000206. The van der Waals surface area contributed by atoms with Gasteiger partial charge in [0, 0.05) is 66.7 Å². The summed E-state index contributed by atoms with van der Waals surface area (Å²) in [6.45, 7) is 24.3. The Morgan fingerprint density at radius 2 is 1.20 bits per heavy atom. The van der Waals surface area contributed by atoms with Crippen LogP contribution in [-0.4, -0.2) is 91.8 Å². The van der Waals surface area contributed by atoms with Crippen LogP contribution in [0.5, 0.6) is 0 Å². The number of ether oxygens (including phenoxy) is 3. The molecule has 8 fully saturated rings. The van der Waals surface area contributed by atoms with Gasteiger partial charge >= 0.3 is 6.09 Å². The summed E-state index contributed by atoms with van der Waals surface area (Å²) in [7, 11) is 3.59. The first-order valence-corrected chi connectivity index (χ1v) is 25.5.